The topological polar surface area (TPSA) is 34.1 Å². The Labute approximate surface area is 86.7 Å². The molecule has 0 fully saturated rings. The van der Waals surface area contributed by atoms with Crippen LogP contribution in [0.15, 0.2) is 18.2 Å². The van der Waals surface area contributed by atoms with Gasteiger partial charge in [0.25, 0.3) is 0 Å². The molecule has 1 aromatic heterocycles. The lowest BCUT2D eigenvalue weighted by molar-refractivity contribution is 0.221. The third kappa shape index (κ3) is 1.71. The normalized spacial score (nSPS) is 10.7. The second kappa shape index (κ2) is 3.94. The molecule has 1 aromatic carbocycles. The van der Waals surface area contributed by atoms with Crippen molar-refractivity contribution >= 4 is 26.7 Å². The van der Waals surface area contributed by atoms with Crippen LogP contribution in [-0.2, 0) is 4.74 Å². The third-order valence-corrected chi connectivity index (χ3v) is 2.97. The molecule has 0 saturated carbocycles. The van der Waals surface area contributed by atoms with Crippen LogP contribution in [0.5, 0.6) is 0 Å². The molecule has 2 rings (SSSR count). The van der Waals surface area contributed by atoms with Crippen molar-refractivity contribution in [2.45, 2.75) is 6.92 Å². The first-order chi connectivity index (χ1) is 6.81. The zero-order valence-electron chi connectivity index (χ0n) is 8.20. The molecule has 0 aliphatic heterocycles. The number of aromatic nitrogens is 1. The summed E-state index contributed by atoms with van der Waals surface area (Å²) >= 11 is 1.65. The van der Waals surface area contributed by atoms with Crippen LogP contribution in [0.1, 0.15) is 5.56 Å². The molecule has 2 aromatic rings. The molecule has 0 amide bonds. The van der Waals surface area contributed by atoms with E-state index < -0.39 is 0 Å². The molecule has 0 spiro atoms. The van der Waals surface area contributed by atoms with E-state index in [4.69, 9.17) is 4.74 Å². The number of fused-ring (bicyclic) bond motifs is 1. The lowest BCUT2D eigenvalue weighted by Gasteiger charge is -1.97. The maximum absolute atomic E-state index is 4.93. The van der Waals surface area contributed by atoms with Crippen molar-refractivity contribution in [3.8, 4) is 0 Å². The fraction of sp³-hybridized carbons (Fsp3) is 0.300. The zero-order chi connectivity index (χ0) is 9.97. The Morgan fingerprint density at radius 2 is 2.36 bits per heavy atom. The minimum atomic E-state index is 0.499. The van der Waals surface area contributed by atoms with E-state index >= 15 is 0 Å². The Kier molecular flexibility index (Phi) is 2.65. The van der Waals surface area contributed by atoms with Crippen LogP contribution in [0.4, 0.5) is 5.13 Å². The number of para-hydroxylation sites is 1. The van der Waals surface area contributed by atoms with Gasteiger partial charge in [0, 0.05) is 7.11 Å². The SMILES string of the molecule is COCNc1nc2c(C)cccc2s1. The average molecular weight is 208 g/mol. The number of methoxy groups -OCH3 is 1. The monoisotopic (exact) mass is 208 g/mol. The van der Waals surface area contributed by atoms with Crippen molar-refractivity contribution in [1.82, 2.24) is 4.98 Å². The maximum atomic E-state index is 4.93. The van der Waals surface area contributed by atoms with Crippen LogP contribution < -0.4 is 5.32 Å². The maximum Gasteiger partial charge on any atom is 0.185 e. The summed E-state index contributed by atoms with van der Waals surface area (Å²) in [6.45, 7) is 2.57. The standard InChI is InChI=1S/C10H12N2OS/c1-7-4-3-5-8-9(7)12-10(14-8)11-6-13-2/h3-5H,6H2,1-2H3,(H,11,12). The van der Waals surface area contributed by atoms with Gasteiger partial charge in [-0.1, -0.05) is 23.5 Å². The van der Waals surface area contributed by atoms with Crippen LogP contribution >= 0.6 is 11.3 Å². The predicted molar refractivity (Wildman–Crippen MR) is 59.9 cm³/mol. The second-order valence-electron chi connectivity index (χ2n) is 3.05. The number of anilines is 1. The van der Waals surface area contributed by atoms with Crippen LogP contribution in [0.25, 0.3) is 10.2 Å². The fourth-order valence-electron chi connectivity index (χ4n) is 1.30. The molecule has 0 saturated heterocycles. The van der Waals surface area contributed by atoms with E-state index in [1.54, 1.807) is 18.4 Å². The molecule has 0 atom stereocenters. The highest BCUT2D eigenvalue weighted by molar-refractivity contribution is 7.22. The quantitative estimate of drug-likeness (QED) is 0.787. The van der Waals surface area contributed by atoms with Gasteiger partial charge in [-0.15, -0.1) is 0 Å². The summed E-state index contributed by atoms with van der Waals surface area (Å²) in [5.74, 6) is 0. The first-order valence-corrected chi connectivity index (χ1v) is 5.22. The van der Waals surface area contributed by atoms with Gasteiger partial charge in [-0.25, -0.2) is 4.98 Å². The van der Waals surface area contributed by atoms with Crippen molar-refractivity contribution < 1.29 is 4.74 Å². The Morgan fingerprint density at radius 3 is 3.07 bits per heavy atom. The van der Waals surface area contributed by atoms with Gasteiger partial charge in [0.15, 0.2) is 5.13 Å². The Morgan fingerprint density at radius 1 is 1.50 bits per heavy atom. The molecule has 0 bridgehead atoms. The van der Waals surface area contributed by atoms with E-state index in [0.717, 1.165) is 10.6 Å². The minimum Gasteiger partial charge on any atom is -0.365 e. The van der Waals surface area contributed by atoms with Gasteiger partial charge in [0.05, 0.1) is 10.2 Å². The summed E-state index contributed by atoms with van der Waals surface area (Å²) < 4.78 is 6.14. The smallest absolute Gasteiger partial charge is 0.185 e. The van der Waals surface area contributed by atoms with Gasteiger partial charge in [-0.2, -0.15) is 0 Å². The van der Waals surface area contributed by atoms with Crippen LogP contribution in [0.2, 0.25) is 0 Å². The summed E-state index contributed by atoms with van der Waals surface area (Å²) in [5.41, 5.74) is 2.29. The van der Waals surface area contributed by atoms with Gasteiger partial charge >= 0.3 is 0 Å². The highest BCUT2D eigenvalue weighted by Crippen LogP contribution is 2.27. The lowest BCUT2D eigenvalue weighted by atomic mass is 10.2. The highest BCUT2D eigenvalue weighted by Gasteiger charge is 2.04. The number of nitrogens with one attached hydrogen (secondary N) is 1. The van der Waals surface area contributed by atoms with Crippen molar-refractivity contribution in [3.63, 3.8) is 0 Å². The summed E-state index contributed by atoms with van der Waals surface area (Å²) in [6, 6.07) is 6.20. The average Bonchev–Trinajstić information content (AvgIpc) is 2.59. The molecular weight excluding hydrogens is 196 g/mol. The van der Waals surface area contributed by atoms with Crippen molar-refractivity contribution in [1.29, 1.82) is 0 Å². The van der Waals surface area contributed by atoms with Gasteiger partial charge in [0.1, 0.15) is 6.73 Å². The number of benzene rings is 1. The molecular formula is C10H12N2OS. The van der Waals surface area contributed by atoms with Crippen molar-refractivity contribution in [2.24, 2.45) is 0 Å². The molecule has 74 valence electrons. The molecule has 14 heavy (non-hydrogen) atoms. The summed E-state index contributed by atoms with van der Waals surface area (Å²) in [4.78, 5) is 4.48. The Bertz CT molecular complexity index is 439. The summed E-state index contributed by atoms with van der Waals surface area (Å²) in [6.07, 6.45) is 0. The number of rotatable bonds is 3. The van der Waals surface area contributed by atoms with Gasteiger partial charge < -0.3 is 10.1 Å². The van der Waals surface area contributed by atoms with E-state index in [1.807, 2.05) is 0 Å². The number of hydrogen-bond donors (Lipinski definition) is 1. The Balaban J connectivity index is 2.36. The number of hydrogen-bond acceptors (Lipinski definition) is 4. The number of ether oxygens (including phenoxy) is 1. The first-order valence-electron chi connectivity index (χ1n) is 4.40. The summed E-state index contributed by atoms with van der Waals surface area (Å²) in [7, 11) is 1.66. The number of nitrogens with zero attached hydrogens (tertiary/aromatic N) is 1. The Hall–Kier alpha value is -1.13. The molecule has 0 aliphatic carbocycles. The molecule has 1 heterocycles. The first kappa shape index (κ1) is 9.43. The van der Waals surface area contributed by atoms with E-state index in [2.05, 4.69) is 35.4 Å². The minimum absolute atomic E-state index is 0.499. The molecule has 1 N–H and O–H groups in total. The fourth-order valence-corrected chi connectivity index (χ4v) is 2.22. The predicted octanol–water partition coefficient (Wildman–Crippen LogP) is 2.62. The largest absolute Gasteiger partial charge is 0.365 e. The molecule has 0 unspecified atom stereocenters. The van der Waals surface area contributed by atoms with E-state index in [0.29, 0.717) is 6.73 Å². The van der Waals surface area contributed by atoms with Gasteiger partial charge in [0.2, 0.25) is 0 Å². The van der Waals surface area contributed by atoms with E-state index in [-0.39, 0.29) is 0 Å². The van der Waals surface area contributed by atoms with Gasteiger partial charge in [-0.3, -0.25) is 0 Å². The van der Waals surface area contributed by atoms with E-state index in [1.165, 1.54) is 10.3 Å². The van der Waals surface area contributed by atoms with Crippen molar-refractivity contribution in [3.05, 3.63) is 23.8 Å². The zero-order valence-corrected chi connectivity index (χ0v) is 9.02. The number of thiazole rings is 1. The summed E-state index contributed by atoms with van der Waals surface area (Å²) in [5, 5.41) is 4.01. The molecule has 4 heteroatoms. The van der Waals surface area contributed by atoms with Crippen LogP contribution in [0, 0.1) is 6.92 Å². The number of aryl methyl sites for hydroxylation is 1. The third-order valence-electron chi connectivity index (χ3n) is 1.99. The molecule has 0 radical (unpaired) electrons. The van der Waals surface area contributed by atoms with Crippen LogP contribution in [0.3, 0.4) is 0 Å². The molecule has 3 nitrogen and oxygen atoms in total. The van der Waals surface area contributed by atoms with Gasteiger partial charge in [-0.05, 0) is 18.6 Å². The lowest BCUT2D eigenvalue weighted by Crippen LogP contribution is -2.01. The van der Waals surface area contributed by atoms with E-state index in [9.17, 15) is 0 Å². The second-order valence-corrected chi connectivity index (χ2v) is 4.08. The highest BCUT2D eigenvalue weighted by atomic mass is 32.1. The van der Waals surface area contributed by atoms with Crippen molar-refractivity contribution in [2.75, 3.05) is 19.2 Å². The molecule has 0 aliphatic rings. The van der Waals surface area contributed by atoms with Crippen LogP contribution in [-0.4, -0.2) is 18.8 Å².